The van der Waals surface area contributed by atoms with Crippen LogP contribution >= 0.6 is 0 Å². The third-order valence-electron chi connectivity index (χ3n) is 5.81. The van der Waals surface area contributed by atoms with E-state index in [1.807, 2.05) is 59.5 Å². The van der Waals surface area contributed by atoms with E-state index in [1.54, 1.807) is 0 Å². The average molecular weight is 427 g/mol. The van der Waals surface area contributed by atoms with Crippen molar-refractivity contribution >= 4 is 16.9 Å². The minimum Gasteiger partial charge on any atom is -0.330 e. The van der Waals surface area contributed by atoms with Gasteiger partial charge in [-0.2, -0.15) is 0 Å². The van der Waals surface area contributed by atoms with Gasteiger partial charge in [0.05, 0.1) is 17.1 Å². The molecule has 1 atom stereocenters. The van der Waals surface area contributed by atoms with Crippen LogP contribution in [0.2, 0.25) is 0 Å². The van der Waals surface area contributed by atoms with E-state index in [0.717, 1.165) is 29.7 Å². The van der Waals surface area contributed by atoms with E-state index in [1.165, 1.54) is 5.56 Å². The molecule has 2 N–H and O–H groups in total. The Morgan fingerprint density at radius 2 is 1.62 bits per heavy atom. The molecular formula is C27H30N4O. The van der Waals surface area contributed by atoms with Crippen molar-refractivity contribution in [1.29, 1.82) is 0 Å². The molecule has 0 saturated heterocycles. The number of carbonyl (C=O) groups is 1. The number of hydrogen-bond acceptors (Lipinski definition) is 3. The van der Waals surface area contributed by atoms with E-state index >= 15 is 0 Å². The van der Waals surface area contributed by atoms with E-state index in [4.69, 9.17) is 10.7 Å². The minimum absolute atomic E-state index is 0.0178. The van der Waals surface area contributed by atoms with Crippen molar-refractivity contribution in [2.24, 2.45) is 5.73 Å². The predicted molar refractivity (Wildman–Crippen MR) is 129 cm³/mol. The minimum atomic E-state index is -0.148. The lowest BCUT2D eigenvalue weighted by atomic mass is 10.1. The first-order chi connectivity index (χ1) is 15.7. The summed E-state index contributed by atoms with van der Waals surface area (Å²) in [6.45, 7) is 3.95. The SMILES string of the molecule is CCC(c1nc2ccccc2n1Cc1ccccc1)N(CCCN)C(=O)c1ccccc1. The van der Waals surface area contributed by atoms with Gasteiger partial charge in [-0.05, 0) is 49.2 Å². The molecule has 0 saturated carbocycles. The van der Waals surface area contributed by atoms with Gasteiger partial charge in [-0.3, -0.25) is 4.79 Å². The molecule has 5 nitrogen and oxygen atoms in total. The van der Waals surface area contributed by atoms with Gasteiger partial charge >= 0.3 is 0 Å². The quantitative estimate of drug-likeness (QED) is 0.408. The van der Waals surface area contributed by atoms with Gasteiger partial charge in [0.15, 0.2) is 0 Å². The number of imidazole rings is 1. The van der Waals surface area contributed by atoms with Gasteiger partial charge in [0.25, 0.3) is 5.91 Å². The molecule has 5 heteroatoms. The van der Waals surface area contributed by atoms with Crippen LogP contribution in [-0.2, 0) is 6.54 Å². The third kappa shape index (κ3) is 4.58. The number of para-hydroxylation sites is 2. The summed E-state index contributed by atoms with van der Waals surface area (Å²) in [6, 6.07) is 27.9. The normalized spacial score (nSPS) is 12.1. The first-order valence-electron chi connectivity index (χ1n) is 11.3. The lowest BCUT2D eigenvalue weighted by molar-refractivity contribution is 0.0657. The van der Waals surface area contributed by atoms with Crippen LogP contribution in [0, 0.1) is 0 Å². The van der Waals surface area contributed by atoms with Gasteiger partial charge in [0.1, 0.15) is 5.82 Å². The first kappa shape index (κ1) is 21.8. The lowest BCUT2D eigenvalue weighted by Gasteiger charge is -2.31. The molecule has 0 aliphatic rings. The number of fused-ring (bicyclic) bond motifs is 1. The summed E-state index contributed by atoms with van der Waals surface area (Å²) in [5.74, 6) is 0.933. The maximum absolute atomic E-state index is 13.6. The number of carbonyl (C=O) groups excluding carboxylic acids is 1. The number of nitrogens with two attached hydrogens (primary N) is 1. The highest BCUT2D eigenvalue weighted by atomic mass is 16.2. The van der Waals surface area contributed by atoms with Crippen LogP contribution in [0.5, 0.6) is 0 Å². The molecule has 0 fully saturated rings. The lowest BCUT2D eigenvalue weighted by Crippen LogP contribution is -2.37. The molecule has 164 valence electrons. The summed E-state index contributed by atoms with van der Waals surface area (Å²) in [4.78, 5) is 20.5. The smallest absolute Gasteiger partial charge is 0.254 e. The summed E-state index contributed by atoms with van der Waals surface area (Å²) in [6.07, 6.45) is 1.51. The second-order valence-corrected chi connectivity index (χ2v) is 7.96. The number of amides is 1. The average Bonchev–Trinajstić information content (AvgIpc) is 3.20. The van der Waals surface area contributed by atoms with Gasteiger partial charge in [-0.1, -0.05) is 67.6 Å². The van der Waals surface area contributed by atoms with E-state index in [0.29, 0.717) is 25.2 Å². The second-order valence-electron chi connectivity index (χ2n) is 7.96. The molecule has 0 aliphatic carbocycles. The molecule has 0 radical (unpaired) electrons. The monoisotopic (exact) mass is 426 g/mol. The van der Waals surface area contributed by atoms with Crippen molar-refractivity contribution in [3.8, 4) is 0 Å². The molecular weight excluding hydrogens is 396 g/mol. The van der Waals surface area contributed by atoms with Gasteiger partial charge < -0.3 is 15.2 Å². The molecule has 1 unspecified atom stereocenters. The zero-order valence-corrected chi connectivity index (χ0v) is 18.5. The first-order valence-corrected chi connectivity index (χ1v) is 11.3. The Labute approximate surface area is 189 Å². The molecule has 1 heterocycles. The number of aromatic nitrogens is 2. The van der Waals surface area contributed by atoms with Gasteiger partial charge in [-0.25, -0.2) is 4.98 Å². The van der Waals surface area contributed by atoms with Crippen molar-refractivity contribution in [3.63, 3.8) is 0 Å². The summed E-state index contributed by atoms with van der Waals surface area (Å²) >= 11 is 0. The molecule has 0 bridgehead atoms. The second kappa shape index (κ2) is 10.2. The molecule has 4 aromatic rings. The summed E-state index contributed by atoms with van der Waals surface area (Å²) in [5, 5.41) is 0. The van der Waals surface area contributed by atoms with Crippen molar-refractivity contribution < 1.29 is 4.79 Å². The standard InChI is InChI=1S/C27H30N4O/c1-2-24(30(19-11-18-28)27(32)22-14-7-4-8-15-22)26-29-23-16-9-10-17-25(23)31(26)20-21-12-5-3-6-13-21/h3-10,12-17,24H,2,11,18-20,28H2,1H3. The zero-order chi connectivity index (χ0) is 22.3. The largest absolute Gasteiger partial charge is 0.330 e. The van der Waals surface area contributed by atoms with Crippen molar-refractivity contribution in [2.45, 2.75) is 32.4 Å². The fourth-order valence-corrected chi connectivity index (χ4v) is 4.23. The Kier molecular flexibility index (Phi) is 6.97. The van der Waals surface area contributed by atoms with Gasteiger partial charge in [0, 0.05) is 18.7 Å². The van der Waals surface area contributed by atoms with Crippen LogP contribution in [0.4, 0.5) is 0 Å². The molecule has 4 rings (SSSR count). The van der Waals surface area contributed by atoms with Crippen LogP contribution in [-0.4, -0.2) is 33.4 Å². The van der Waals surface area contributed by atoms with E-state index in [9.17, 15) is 4.79 Å². The Morgan fingerprint density at radius 1 is 0.969 bits per heavy atom. The molecule has 32 heavy (non-hydrogen) atoms. The van der Waals surface area contributed by atoms with Crippen LogP contribution in [0.15, 0.2) is 84.9 Å². The highest BCUT2D eigenvalue weighted by Gasteiger charge is 2.29. The maximum atomic E-state index is 13.6. The number of benzene rings is 3. The fraction of sp³-hybridized carbons (Fsp3) is 0.259. The predicted octanol–water partition coefficient (Wildman–Crippen LogP) is 5.03. The summed E-state index contributed by atoms with van der Waals surface area (Å²) < 4.78 is 2.26. The van der Waals surface area contributed by atoms with Crippen LogP contribution in [0.1, 0.15) is 47.6 Å². The Morgan fingerprint density at radius 3 is 2.31 bits per heavy atom. The topological polar surface area (TPSA) is 64.2 Å². The van der Waals surface area contributed by atoms with Gasteiger partial charge in [0.2, 0.25) is 0 Å². The summed E-state index contributed by atoms with van der Waals surface area (Å²) in [7, 11) is 0. The van der Waals surface area contributed by atoms with Crippen molar-refractivity contribution in [1.82, 2.24) is 14.5 Å². The van der Waals surface area contributed by atoms with Crippen molar-refractivity contribution in [2.75, 3.05) is 13.1 Å². The Balaban J connectivity index is 1.79. The molecule has 0 spiro atoms. The zero-order valence-electron chi connectivity index (χ0n) is 18.5. The van der Waals surface area contributed by atoms with Crippen LogP contribution in [0.3, 0.4) is 0 Å². The van der Waals surface area contributed by atoms with Gasteiger partial charge in [-0.15, -0.1) is 0 Å². The number of rotatable bonds is 9. The Bertz CT molecular complexity index is 1150. The summed E-state index contributed by atoms with van der Waals surface area (Å²) in [5.41, 5.74) is 9.75. The van der Waals surface area contributed by atoms with E-state index in [-0.39, 0.29) is 11.9 Å². The maximum Gasteiger partial charge on any atom is 0.254 e. The third-order valence-corrected chi connectivity index (χ3v) is 5.81. The molecule has 0 aliphatic heterocycles. The molecule has 1 amide bonds. The van der Waals surface area contributed by atoms with Crippen molar-refractivity contribution in [3.05, 3.63) is 102 Å². The number of hydrogen-bond donors (Lipinski definition) is 1. The number of nitrogens with zero attached hydrogens (tertiary/aromatic N) is 3. The molecule has 3 aromatic carbocycles. The van der Waals surface area contributed by atoms with E-state index in [2.05, 4.69) is 41.8 Å². The van der Waals surface area contributed by atoms with E-state index < -0.39 is 0 Å². The fourth-order valence-electron chi connectivity index (χ4n) is 4.23. The van der Waals surface area contributed by atoms with Crippen LogP contribution < -0.4 is 5.73 Å². The van der Waals surface area contributed by atoms with Crippen LogP contribution in [0.25, 0.3) is 11.0 Å². The highest BCUT2D eigenvalue weighted by Crippen LogP contribution is 2.30. The Hall–Kier alpha value is -3.44. The molecule has 1 aromatic heterocycles. The highest BCUT2D eigenvalue weighted by molar-refractivity contribution is 5.94.